The summed E-state index contributed by atoms with van der Waals surface area (Å²) in [6.45, 7) is 8.61. The number of benzene rings is 2. The third kappa shape index (κ3) is 7.90. The van der Waals surface area contributed by atoms with E-state index in [9.17, 15) is 24.3 Å². The predicted octanol–water partition coefficient (Wildman–Crippen LogP) is 5.69. The Balaban J connectivity index is 1.13. The number of aromatic nitrogens is 4. The maximum Gasteiger partial charge on any atom is 0.407 e. The first-order chi connectivity index (χ1) is 25.9. The van der Waals surface area contributed by atoms with Crippen LogP contribution in [0.1, 0.15) is 88.4 Å². The van der Waals surface area contributed by atoms with Crippen molar-refractivity contribution >= 4 is 35.0 Å². The summed E-state index contributed by atoms with van der Waals surface area (Å²) in [6.07, 6.45) is 3.11. The van der Waals surface area contributed by atoms with Crippen LogP contribution in [0.15, 0.2) is 48.7 Å². The van der Waals surface area contributed by atoms with E-state index < -0.39 is 24.3 Å². The Kier molecular flexibility index (Phi) is 11.3. The van der Waals surface area contributed by atoms with Crippen LogP contribution in [-0.2, 0) is 14.3 Å². The van der Waals surface area contributed by atoms with E-state index in [-0.39, 0.29) is 35.7 Å². The van der Waals surface area contributed by atoms with Gasteiger partial charge in [-0.3, -0.25) is 14.5 Å². The minimum absolute atomic E-state index is 0.113. The van der Waals surface area contributed by atoms with E-state index in [2.05, 4.69) is 32.1 Å². The second-order valence-electron chi connectivity index (χ2n) is 14.7. The van der Waals surface area contributed by atoms with E-state index in [1.807, 2.05) is 70.2 Å². The molecule has 14 heteroatoms. The molecule has 0 saturated carbocycles. The molecule has 4 heterocycles. The molecule has 0 aliphatic carbocycles. The van der Waals surface area contributed by atoms with Crippen LogP contribution in [0.4, 0.5) is 9.59 Å². The number of hydrogen-bond donors (Lipinski definition) is 4. The Morgan fingerprint density at radius 3 is 2.17 bits per heavy atom. The lowest BCUT2D eigenvalue weighted by molar-refractivity contribution is -0.138. The van der Waals surface area contributed by atoms with Gasteiger partial charge in [0.2, 0.25) is 11.8 Å². The highest BCUT2D eigenvalue weighted by atomic mass is 16.5. The summed E-state index contributed by atoms with van der Waals surface area (Å²) in [4.78, 5) is 71.5. The third-order valence-corrected chi connectivity index (χ3v) is 10.4. The van der Waals surface area contributed by atoms with Gasteiger partial charge in [0.1, 0.15) is 29.4 Å². The maximum atomic E-state index is 13.6. The fraction of sp³-hybridized carbons (Fsp3) is 0.450. The summed E-state index contributed by atoms with van der Waals surface area (Å²) in [7, 11) is 2.72. The van der Waals surface area contributed by atoms with E-state index in [0.717, 1.165) is 64.1 Å². The van der Waals surface area contributed by atoms with Crippen molar-refractivity contribution in [1.82, 2.24) is 40.0 Å². The minimum atomic E-state index is -1.13. The summed E-state index contributed by atoms with van der Waals surface area (Å²) < 4.78 is 4.75. The standard InChI is InChI=1S/C40H48N8O6/c1-23(2)33(45-39(51)54-6)37(49)47-19-8-10-32(47)36-43-29-18-16-27(21-30(29)44-36)26-14-11-25(12-15-26)13-17-28-22-41-35(42-28)31-9-7-20-48(31)38(50)34(24(3)4)46(5)40(52)53/h11-12,14-16,18,21-24,31-34H,7-10,19-20H2,1-6H3,(H,41,42)(H,43,44)(H,45,51)(H,52,53)/t31-,32-,33+,34+/m0/s1. The molecule has 4 N–H and O–H groups in total. The molecule has 0 bridgehead atoms. The van der Waals surface area contributed by atoms with Gasteiger partial charge in [-0.05, 0) is 78.8 Å². The van der Waals surface area contributed by atoms with Crippen molar-refractivity contribution in [1.29, 1.82) is 0 Å². The molecule has 4 atom stereocenters. The van der Waals surface area contributed by atoms with E-state index in [0.29, 0.717) is 24.6 Å². The number of amides is 4. The number of H-pyrrole nitrogens is 2. The lowest BCUT2D eigenvalue weighted by Gasteiger charge is -2.33. The number of fused-ring (bicyclic) bond motifs is 1. The Bertz CT molecular complexity index is 2080. The quantitative estimate of drug-likeness (QED) is 0.158. The van der Waals surface area contributed by atoms with Crippen molar-refractivity contribution in [2.75, 3.05) is 27.2 Å². The number of carbonyl (C=O) groups excluding carboxylic acids is 3. The van der Waals surface area contributed by atoms with E-state index >= 15 is 0 Å². The second kappa shape index (κ2) is 16.0. The van der Waals surface area contributed by atoms with E-state index in [1.54, 1.807) is 16.0 Å². The number of nitrogens with one attached hydrogen (secondary N) is 3. The zero-order valence-corrected chi connectivity index (χ0v) is 31.6. The van der Waals surface area contributed by atoms with Gasteiger partial charge in [0.25, 0.3) is 0 Å². The van der Waals surface area contributed by atoms with Crippen molar-refractivity contribution in [2.24, 2.45) is 11.8 Å². The first kappa shape index (κ1) is 37.9. The first-order valence-electron chi connectivity index (χ1n) is 18.4. The molecule has 4 aromatic rings. The van der Waals surface area contributed by atoms with Crippen LogP contribution in [0.5, 0.6) is 0 Å². The predicted molar refractivity (Wildman–Crippen MR) is 202 cm³/mol. The van der Waals surface area contributed by atoms with Gasteiger partial charge in [-0.1, -0.05) is 51.8 Å². The molecule has 284 valence electrons. The van der Waals surface area contributed by atoms with Gasteiger partial charge in [-0.15, -0.1) is 0 Å². The summed E-state index contributed by atoms with van der Waals surface area (Å²) in [5, 5.41) is 12.2. The van der Waals surface area contributed by atoms with Crippen molar-refractivity contribution in [3.05, 3.63) is 71.6 Å². The van der Waals surface area contributed by atoms with Crippen LogP contribution in [-0.4, -0.2) is 103 Å². The molecule has 2 aliphatic heterocycles. The molecule has 2 aromatic carbocycles. The molecule has 0 unspecified atom stereocenters. The summed E-state index contributed by atoms with van der Waals surface area (Å²) in [5.74, 6) is 7.00. The number of likely N-dealkylation sites (N-methyl/N-ethyl adjacent to an activating group) is 1. The smallest absolute Gasteiger partial charge is 0.407 e. The lowest BCUT2D eigenvalue weighted by atomic mass is 10.0. The zero-order chi connectivity index (χ0) is 38.7. The van der Waals surface area contributed by atoms with Crippen LogP contribution in [0, 0.1) is 23.7 Å². The van der Waals surface area contributed by atoms with Crippen LogP contribution in [0.25, 0.3) is 22.2 Å². The number of hydrogen-bond acceptors (Lipinski definition) is 7. The van der Waals surface area contributed by atoms with Crippen molar-refractivity contribution in [3.8, 4) is 23.0 Å². The van der Waals surface area contributed by atoms with Gasteiger partial charge < -0.3 is 34.9 Å². The average molecular weight is 737 g/mol. The van der Waals surface area contributed by atoms with Crippen LogP contribution >= 0.6 is 0 Å². The molecule has 4 amide bonds. The molecular weight excluding hydrogens is 688 g/mol. The monoisotopic (exact) mass is 736 g/mol. The molecule has 0 spiro atoms. The van der Waals surface area contributed by atoms with Gasteiger partial charge in [0, 0.05) is 31.9 Å². The third-order valence-electron chi connectivity index (χ3n) is 10.4. The number of methoxy groups -OCH3 is 1. The molecule has 54 heavy (non-hydrogen) atoms. The van der Waals surface area contributed by atoms with Gasteiger partial charge in [0.05, 0.1) is 30.2 Å². The highest BCUT2D eigenvalue weighted by Crippen LogP contribution is 2.34. The Morgan fingerprint density at radius 1 is 0.889 bits per heavy atom. The number of aromatic amines is 2. The number of imidazole rings is 2. The van der Waals surface area contributed by atoms with Gasteiger partial charge >= 0.3 is 12.2 Å². The van der Waals surface area contributed by atoms with Crippen LogP contribution < -0.4 is 5.32 Å². The Labute approximate surface area is 314 Å². The van der Waals surface area contributed by atoms with Gasteiger partial charge in [-0.25, -0.2) is 19.6 Å². The molecule has 14 nitrogen and oxygen atoms in total. The highest BCUT2D eigenvalue weighted by Gasteiger charge is 2.40. The Morgan fingerprint density at radius 2 is 1.54 bits per heavy atom. The summed E-state index contributed by atoms with van der Waals surface area (Å²) in [5.41, 5.74) is 5.03. The number of carboxylic acid groups (broad SMARTS) is 1. The number of alkyl carbamates (subject to hydrolysis) is 1. The fourth-order valence-electron chi connectivity index (χ4n) is 7.51. The SMILES string of the molecule is COC(=O)N[C@@H](C(=O)N1CCC[C@H]1c1nc2cc(-c3ccc(C#Cc4c[nH]c([C@@H]5CCCN5C(=O)[C@@H](C(C)C)N(C)C(=O)O)n4)cc3)ccc2[nH]1)C(C)C. The summed E-state index contributed by atoms with van der Waals surface area (Å²) in [6, 6.07) is 12.0. The largest absolute Gasteiger partial charge is 0.465 e. The lowest BCUT2D eigenvalue weighted by Crippen LogP contribution is -2.51. The molecule has 2 fully saturated rings. The highest BCUT2D eigenvalue weighted by molar-refractivity contribution is 5.87. The summed E-state index contributed by atoms with van der Waals surface area (Å²) >= 11 is 0. The van der Waals surface area contributed by atoms with Crippen LogP contribution in [0.3, 0.4) is 0 Å². The maximum absolute atomic E-state index is 13.6. The molecule has 2 saturated heterocycles. The van der Waals surface area contributed by atoms with Crippen molar-refractivity contribution < 1.29 is 29.0 Å². The van der Waals surface area contributed by atoms with Crippen molar-refractivity contribution in [3.63, 3.8) is 0 Å². The number of carbonyl (C=O) groups is 4. The fourth-order valence-corrected chi connectivity index (χ4v) is 7.51. The van der Waals surface area contributed by atoms with Gasteiger partial charge in [0.15, 0.2) is 0 Å². The Hall–Kier alpha value is -5.84. The molecular formula is C40H48N8O6. The van der Waals surface area contributed by atoms with Crippen LogP contribution in [0.2, 0.25) is 0 Å². The molecule has 2 aromatic heterocycles. The van der Waals surface area contributed by atoms with Gasteiger partial charge in [-0.2, -0.15) is 0 Å². The number of rotatable bonds is 9. The number of nitrogens with zero attached hydrogens (tertiary/aromatic N) is 5. The molecule has 6 rings (SSSR count). The first-order valence-corrected chi connectivity index (χ1v) is 18.4. The second-order valence-corrected chi connectivity index (χ2v) is 14.7. The molecule has 0 radical (unpaired) electrons. The number of likely N-dealkylation sites (tertiary alicyclic amines) is 2. The topological polar surface area (TPSA) is 177 Å². The normalized spacial score (nSPS) is 18.1. The van der Waals surface area contributed by atoms with Crippen molar-refractivity contribution in [2.45, 2.75) is 77.5 Å². The minimum Gasteiger partial charge on any atom is -0.465 e. The molecule has 2 aliphatic rings. The van der Waals surface area contributed by atoms with E-state index in [4.69, 9.17) is 9.72 Å². The van der Waals surface area contributed by atoms with E-state index in [1.165, 1.54) is 14.2 Å². The number of ether oxygens (including phenoxy) is 1. The zero-order valence-electron chi connectivity index (χ0n) is 31.6. The average Bonchev–Trinajstić information content (AvgIpc) is 3.98.